The van der Waals surface area contributed by atoms with E-state index in [1.165, 1.54) is 17.5 Å². The van der Waals surface area contributed by atoms with Gasteiger partial charge in [-0.2, -0.15) is 4.98 Å². The van der Waals surface area contributed by atoms with Gasteiger partial charge >= 0.3 is 6.03 Å². The fourth-order valence-corrected chi connectivity index (χ4v) is 3.51. The Bertz CT molecular complexity index is 766. The van der Waals surface area contributed by atoms with Gasteiger partial charge in [-0.3, -0.25) is 0 Å². The number of hydrogen-bond donors (Lipinski definition) is 1. The summed E-state index contributed by atoms with van der Waals surface area (Å²) in [5.41, 5.74) is 3.42. The van der Waals surface area contributed by atoms with E-state index in [4.69, 9.17) is 4.52 Å². The molecule has 6 nitrogen and oxygen atoms in total. The quantitative estimate of drug-likeness (QED) is 0.940. The number of amides is 2. The second kappa shape index (κ2) is 5.92. The third-order valence-electron chi connectivity index (χ3n) is 5.25. The number of carbonyl (C=O) groups excluding carboxylic acids is 1. The molecule has 0 aliphatic heterocycles. The van der Waals surface area contributed by atoms with Crippen LogP contribution >= 0.6 is 0 Å². The van der Waals surface area contributed by atoms with Gasteiger partial charge in [0, 0.05) is 25.6 Å². The molecule has 2 amide bonds. The van der Waals surface area contributed by atoms with Gasteiger partial charge in [0.2, 0.25) is 11.7 Å². The van der Waals surface area contributed by atoms with E-state index < -0.39 is 0 Å². The smallest absolute Gasteiger partial charge is 0.317 e. The van der Waals surface area contributed by atoms with Gasteiger partial charge in [-0.05, 0) is 49.3 Å². The molecule has 0 bridgehead atoms. The number of nitrogens with one attached hydrogen (secondary N) is 1. The van der Waals surface area contributed by atoms with Gasteiger partial charge in [-0.25, -0.2) is 4.79 Å². The fourth-order valence-electron chi connectivity index (χ4n) is 3.51. The van der Waals surface area contributed by atoms with Crippen molar-refractivity contribution in [3.8, 4) is 11.4 Å². The number of urea groups is 1. The summed E-state index contributed by atoms with van der Waals surface area (Å²) in [6.07, 6.45) is 5.37. The van der Waals surface area contributed by atoms with Crippen LogP contribution in [0, 0.1) is 6.92 Å². The second-order valence-electron chi connectivity index (χ2n) is 6.79. The van der Waals surface area contributed by atoms with Crippen LogP contribution in [0.15, 0.2) is 22.7 Å². The highest BCUT2D eigenvalue weighted by Gasteiger charge is 2.29. The first kappa shape index (κ1) is 15.2. The highest BCUT2D eigenvalue weighted by Crippen LogP contribution is 2.34. The maximum Gasteiger partial charge on any atom is 0.317 e. The summed E-state index contributed by atoms with van der Waals surface area (Å²) in [7, 11) is 1.90. The van der Waals surface area contributed by atoms with Crippen molar-refractivity contribution in [1.29, 1.82) is 0 Å². The van der Waals surface area contributed by atoms with E-state index in [9.17, 15) is 4.79 Å². The fraction of sp³-hybridized carbons (Fsp3) is 0.500. The molecule has 1 aromatic carbocycles. The minimum atomic E-state index is 0.0374. The molecular weight excluding hydrogens is 304 g/mol. The van der Waals surface area contributed by atoms with Crippen molar-refractivity contribution >= 4 is 6.03 Å². The van der Waals surface area contributed by atoms with Crippen LogP contribution in [-0.2, 0) is 6.42 Å². The number of aromatic nitrogens is 2. The van der Waals surface area contributed by atoms with Crippen molar-refractivity contribution in [1.82, 2.24) is 20.4 Å². The number of carbonyl (C=O) groups is 1. The van der Waals surface area contributed by atoms with E-state index in [1.807, 2.05) is 18.0 Å². The lowest BCUT2D eigenvalue weighted by molar-refractivity contribution is 0.154. The summed E-state index contributed by atoms with van der Waals surface area (Å²) >= 11 is 0. The topological polar surface area (TPSA) is 71.3 Å². The Morgan fingerprint density at radius 1 is 1.33 bits per heavy atom. The van der Waals surface area contributed by atoms with E-state index in [0.717, 1.165) is 31.2 Å². The molecule has 0 unspecified atom stereocenters. The molecule has 126 valence electrons. The standard InChI is InChI=1S/C18H22N4O2/c1-11-19-17(21-24-11)13-6-8-15-12(10-13)7-9-16(15)20-18(23)22(2)14-4-3-5-14/h6,8,10,14,16H,3-5,7,9H2,1-2H3,(H,20,23)/t16-/m1/s1. The molecule has 24 heavy (non-hydrogen) atoms. The van der Waals surface area contributed by atoms with Gasteiger partial charge in [0.25, 0.3) is 0 Å². The first-order valence-electron chi connectivity index (χ1n) is 8.58. The SMILES string of the molecule is Cc1nc(-c2ccc3c(c2)CC[C@H]3NC(=O)N(C)C2CCC2)no1. The highest BCUT2D eigenvalue weighted by atomic mass is 16.5. The summed E-state index contributed by atoms with van der Waals surface area (Å²) in [6, 6.07) is 6.74. The van der Waals surface area contributed by atoms with Crippen molar-refractivity contribution in [2.24, 2.45) is 0 Å². The Kier molecular flexibility index (Phi) is 3.75. The maximum absolute atomic E-state index is 12.4. The van der Waals surface area contributed by atoms with Gasteiger partial charge in [0.1, 0.15) is 0 Å². The average Bonchev–Trinajstić information content (AvgIpc) is 3.12. The van der Waals surface area contributed by atoms with Crippen LogP contribution in [0.2, 0.25) is 0 Å². The third kappa shape index (κ3) is 2.66. The van der Waals surface area contributed by atoms with Gasteiger partial charge in [-0.15, -0.1) is 0 Å². The lowest BCUT2D eigenvalue weighted by Crippen LogP contribution is -2.47. The Labute approximate surface area is 141 Å². The van der Waals surface area contributed by atoms with Crippen molar-refractivity contribution in [2.75, 3.05) is 7.05 Å². The monoisotopic (exact) mass is 326 g/mol. The first-order chi connectivity index (χ1) is 11.6. The predicted molar refractivity (Wildman–Crippen MR) is 89.5 cm³/mol. The zero-order chi connectivity index (χ0) is 16.7. The molecular formula is C18H22N4O2. The lowest BCUT2D eigenvalue weighted by Gasteiger charge is -2.35. The van der Waals surface area contributed by atoms with Gasteiger partial charge in [-0.1, -0.05) is 17.3 Å². The first-order valence-corrected chi connectivity index (χ1v) is 8.58. The number of nitrogens with zero attached hydrogens (tertiary/aromatic N) is 3. The lowest BCUT2D eigenvalue weighted by atomic mass is 9.92. The molecule has 0 saturated heterocycles. The minimum Gasteiger partial charge on any atom is -0.339 e. The number of aryl methyl sites for hydroxylation is 2. The van der Waals surface area contributed by atoms with Crippen molar-refractivity contribution < 1.29 is 9.32 Å². The summed E-state index contributed by atoms with van der Waals surface area (Å²) < 4.78 is 5.05. The van der Waals surface area contributed by atoms with Crippen LogP contribution < -0.4 is 5.32 Å². The largest absolute Gasteiger partial charge is 0.339 e. The Morgan fingerprint density at radius 2 is 2.17 bits per heavy atom. The molecule has 2 aliphatic rings. The van der Waals surface area contributed by atoms with Crippen molar-refractivity contribution in [3.63, 3.8) is 0 Å². The molecule has 1 aromatic heterocycles. The molecule has 2 aliphatic carbocycles. The molecule has 0 spiro atoms. The van der Waals surface area contributed by atoms with Crippen LogP contribution in [-0.4, -0.2) is 34.2 Å². The molecule has 1 atom stereocenters. The van der Waals surface area contributed by atoms with E-state index in [2.05, 4.69) is 27.6 Å². The van der Waals surface area contributed by atoms with Crippen LogP contribution in [0.5, 0.6) is 0 Å². The Hall–Kier alpha value is -2.37. The maximum atomic E-state index is 12.4. The number of rotatable bonds is 3. The van der Waals surface area contributed by atoms with Gasteiger partial charge < -0.3 is 14.7 Å². The molecule has 4 rings (SSSR count). The molecule has 6 heteroatoms. The Morgan fingerprint density at radius 3 is 2.83 bits per heavy atom. The minimum absolute atomic E-state index is 0.0374. The molecule has 2 aromatic rings. The van der Waals surface area contributed by atoms with E-state index >= 15 is 0 Å². The zero-order valence-electron chi connectivity index (χ0n) is 14.1. The zero-order valence-corrected chi connectivity index (χ0v) is 14.1. The average molecular weight is 326 g/mol. The number of benzene rings is 1. The van der Waals surface area contributed by atoms with E-state index in [0.29, 0.717) is 17.8 Å². The van der Waals surface area contributed by atoms with Crippen LogP contribution in [0.3, 0.4) is 0 Å². The van der Waals surface area contributed by atoms with Gasteiger partial charge in [0.15, 0.2) is 0 Å². The molecule has 1 fully saturated rings. The second-order valence-corrected chi connectivity index (χ2v) is 6.79. The highest BCUT2D eigenvalue weighted by molar-refractivity contribution is 5.75. The van der Waals surface area contributed by atoms with Crippen LogP contribution in [0.4, 0.5) is 4.79 Å². The summed E-state index contributed by atoms with van der Waals surface area (Å²) in [4.78, 5) is 18.6. The molecule has 0 radical (unpaired) electrons. The summed E-state index contributed by atoms with van der Waals surface area (Å²) in [6.45, 7) is 1.79. The number of hydrogen-bond acceptors (Lipinski definition) is 4. The predicted octanol–water partition coefficient (Wildman–Crippen LogP) is 3.23. The number of fused-ring (bicyclic) bond motifs is 1. The molecule has 1 heterocycles. The van der Waals surface area contributed by atoms with E-state index in [-0.39, 0.29) is 12.1 Å². The normalized spacial score (nSPS) is 19.7. The van der Waals surface area contributed by atoms with Crippen molar-refractivity contribution in [3.05, 3.63) is 35.2 Å². The summed E-state index contributed by atoms with van der Waals surface area (Å²) in [5.74, 6) is 1.18. The molecule has 1 N–H and O–H groups in total. The molecule has 1 saturated carbocycles. The van der Waals surface area contributed by atoms with Crippen LogP contribution in [0.25, 0.3) is 11.4 Å². The third-order valence-corrected chi connectivity index (χ3v) is 5.25. The van der Waals surface area contributed by atoms with Crippen LogP contribution in [0.1, 0.15) is 48.7 Å². The van der Waals surface area contributed by atoms with E-state index in [1.54, 1.807) is 6.92 Å². The Balaban J connectivity index is 1.49. The summed E-state index contributed by atoms with van der Waals surface area (Å²) in [5, 5.41) is 7.16. The van der Waals surface area contributed by atoms with Gasteiger partial charge in [0.05, 0.1) is 6.04 Å². The van der Waals surface area contributed by atoms with Crippen molar-refractivity contribution in [2.45, 2.75) is 51.1 Å².